The van der Waals surface area contributed by atoms with E-state index in [0.29, 0.717) is 31.0 Å². The summed E-state index contributed by atoms with van der Waals surface area (Å²) in [5.74, 6) is 0.371. The number of nitrogens with zero attached hydrogens (tertiary/aromatic N) is 3. The number of hydrogen-bond acceptors (Lipinski definition) is 5. The smallest absolute Gasteiger partial charge is 0.262 e. The Kier molecular flexibility index (Phi) is 7.74. The number of aromatic nitrogens is 2. The lowest BCUT2D eigenvalue weighted by molar-refractivity contribution is -0.117. The molecule has 0 saturated carbocycles. The molecule has 4 rings (SSSR count). The predicted molar refractivity (Wildman–Crippen MR) is 130 cm³/mol. The van der Waals surface area contributed by atoms with Crippen LogP contribution in [0.4, 0.5) is 0 Å². The van der Waals surface area contributed by atoms with E-state index >= 15 is 0 Å². The molecule has 0 aliphatic carbocycles. The van der Waals surface area contributed by atoms with Crippen LogP contribution >= 0.6 is 0 Å². The summed E-state index contributed by atoms with van der Waals surface area (Å²) in [6, 6.07) is 19.4. The Morgan fingerprint density at radius 3 is 2.74 bits per heavy atom. The Morgan fingerprint density at radius 2 is 2.06 bits per heavy atom. The number of ether oxygens (including phenoxy) is 2. The number of para-hydroxylation sites is 1. The molecule has 174 valence electrons. The van der Waals surface area contributed by atoms with Gasteiger partial charge in [0.15, 0.2) is 0 Å². The van der Waals surface area contributed by atoms with Crippen molar-refractivity contribution in [3.63, 3.8) is 0 Å². The summed E-state index contributed by atoms with van der Waals surface area (Å²) in [6.45, 7) is 3.83. The minimum absolute atomic E-state index is 0.00808. The summed E-state index contributed by atoms with van der Waals surface area (Å²) in [7, 11) is 0. The largest absolute Gasteiger partial charge is 0.494 e. The van der Waals surface area contributed by atoms with Crippen LogP contribution in [0.2, 0.25) is 0 Å². The van der Waals surface area contributed by atoms with Crippen LogP contribution in [0.5, 0.6) is 5.75 Å². The number of benzene rings is 2. The van der Waals surface area contributed by atoms with Gasteiger partial charge in [-0.25, -0.2) is 4.68 Å². The molecule has 1 aromatic heterocycles. The summed E-state index contributed by atoms with van der Waals surface area (Å²) < 4.78 is 13.0. The van der Waals surface area contributed by atoms with E-state index in [9.17, 15) is 10.1 Å². The van der Waals surface area contributed by atoms with E-state index in [-0.39, 0.29) is 11.7 Å². The molecule has 1 aliphatic heterocycles. The highest BCUT2D eigenvalue weighted by molar-refractivity contribution is 6.02. The van der Waals surface area contributed by atoms with E-state index in [1.54, 1.807) is 10.8 Å². The van der Waals surface area contributed by atoms with Gasteiger partial charge in [-0.2, -0.15) is 10.4 Å². The Hall–Kier alpha value is -3.89. The molecule has 3 aromatic rings. The second-order valence-electron chi connectivity index (χ2n) is 8.10. The predicted octanol–water partition coefficient (Wildman–Crippen LogP) is 4.53. The van der Waals surface area contributed by atoms with Crippen molar-refractivity contribution in [2.24, 2.45) is 0 Å². The summed E-state index contributed by atoms with van der Waals surface area (Å²) in [4.78, 5) is 12.7. The molecule has 2 heterocycles. The Labute approximate surface area is 199 Å². The van der Waals surface area contributed by atoms with Gasteiger partial charge in [0.1, 0.15) is 17.4 Å². The van der Waals surface area contributed by atoms with Crippen LogP contribution in [0.15, 0.2) is 66.4 Å². The minimum Gasteiger partial charge on any atom is -0.494 e. The molecule has 2 aromatic carbocycles. The highest BCUT2D eigenvalue weighted by Crippen LogP contribution is 2.27. The molecular formula is C27H28N4O3. The summed E-state index contributed by atoms with van der Waals surface area (Å²) in [6.07, 6.45) is 6.27. The zero-order chi connectivity index (χ0) is 23.8. The molecule has 7 heteroatoms. The maximum atomic E-state index is 12.7. The second kappa shape index (κ2) is 11.3. The van der Waals surface area contributed by atoms with Crippen molar-refractivity contribution < 1.29 is 14.3 Å². The lowest BCUT2D eigenvalue weighted by Gasteiger charge is -2.10. The lowest BCUT2D eigenvalue weighted by atomic mass is 10.1. The number of amides is 1. The van der Waals surface area contributed by atoms with Crippen molar-refractivity contribution in [2.75, 3.05) is 19.8 Å². The second-order valence-corrected chi connectivity index (χ2v) is 8.10. The number of hydrogen-bond donors (Lipinski definition) is 1. The molecule has 0 radical (unpaired) electrons. The normalized spacial score (nSPS) is 15.6. The van der Waals surface area contributed by atoms with Gasteiger partial charge in [-0.15, -0.1) is 0 Å². The van der Waals surface area contributed by atoms with Crippen molar-refractivity contribution in [1.29, 1.82) is 5.26 Å². The van der Waals surface area contributed by atoms with E-state index in [1.807, 2.05) is 66.9 Å². The number of carbonyl (C=O) groups is 1. The van der Waals surface area contributed by atoms with E-state index in [0.717, 1.165) is 36.3 Å². The van der Waals surface area contributed by atoms with Crippen LogP contribution in [-0.2, 0) is 9.53 Å². The molecule has 1 amide bonds. The fraction of sp³-hybridized carbons (Fsp3) is 0.296. The van der Waals surface area contributed by atoms with Crippen molar-refractivity contribution in [1.82, 2.24) is 15.1 Å². The van der Waals surface area contributed by atoms with E-state index < -0.39 is 5.91 Å². The van der Waals surface area contributed by atoms with Gasteiger partial charge in [-0.1, -0.05) is 25.1 Å². The van der Waals surface area contributed by atoms with Crippen LogP contribution in [0.3, 0.4) is 0 Å². The highest BCUT2D eigenvalue weighted by Gasteiger charge is 2.19. The molecule has 1 N–H and O–H groups in total. The maximum absolute atomic E-state index is 12.7. The zero-order valence-corrected chi connectivity index (χ0v) is 19.2. The third kappa shape index (κ3) is 5.72. The van der Waals surface area contributed by atoms with Crippen LogP contribution in [-0.4, -0.2) is 41.6 Å². The topological polar surface area (TPSA) is 89.2 Å². The Morgan fingerprint density at radius 1 is 1.26 bits per heavy atom. The van der Waals surface area contributed by atoms with E-state index in [4.69, 9.17) is 14.6 Å². The van der Waals surface area contributed by atoms with Crippen molar-refractivity contribution in [3.8, 4) is 28.8 Å². The minimum atomic E-state index is -0.417. The molecule has 7 nitrogen and oxygen atoms in total. The molecule has 1 atom stereocenters. The molecule has 0 spiro atoms. The number of nitriles is 1. The van der Waals surface area contributed by atoms with Gasteiger partial charge in [0.25, 0.3) is 5.91 Å². The first-order valence-electron chi connectivity index (χ1n) is 11.6. The summed E-state index contributed by atoms with van der Waals surface area (Å²) >= 11 is 0. The first-order chi connectivity index (χ1) is 16.7. The molecule has 34 heavy (non-hydrogen) atoms. The van der Waals surface area contributed by atoms with Gasteiger partial charge in [-0.05, 0) is 61.7 Å². The zero-order valence-electron chi connectivity index (χ0n) is 19.2. The van der Waals surface area contributed by atoms with Crippen molar-refractivity contribution in [2.45, 2.75) is 32.3 Å². The Balaban J connectivity index is 1.64. The highest BCUT2D eigenvalue weighted by atomic mass is 16.5. The van der Waals surface area contributed by atoms with Gasteiger partial charge in [0.2, 0.25) is 0 Å². The SMILES string of the molecule is CCCOc1ccc(-c2nn(-c3ccccc3)cc2/C=C(\C#N)C(=O)NC[C@@H]2CCCO2)cc1. The Bertz CT molecular complexity index is 1170. The quantitative estimate of drug-likeness (QED) is 0.377. The monoisotopic (exact) mass is 456 g/mol. The number of carbonyl (C=O) groups excluding carboxylic acids is 1. The number of nitrogens with one attached hydrogen (secondary N) is 1. The third-order valence-electron chi connectivity index (χ3n) is 5.54. The molecule has 1 aliphatic rings. The molecular weight excluding hydrogens is 428 g/mol. The standard InChI is InChI=1S/C27H28N4O3/c1-2-14-33-24-12-10-20(11-13-24)26-22(19-31(30-26)23-7-4-3-5-8-23)16-21(17-28)27(32)29-18-25-9-6-15-34-25/h3-5,7-8,10-13,16,19,25H,2,6,9,14-15,18H2,1H3,(H,29,32)/b21-16+/t25-/m0/s1. The van der Waals surface area contributed by atoms with Gasteiger partial charge >= 0.3 is 0 Å². The van der Waals surface area contributed by atoms with Crippen LogP contribution in [0.25, 0.3) is 23.0 Å². The average molecular weight is 457 g/mol. The summed E-state index contributed by atoms with van der Waals surface area (Å²) in [5.41, 5.74) is 3.12. The van der Waals surface area contributed by atoms with Crippen LogP contribution < -0.4 is 10.1 Å². The fourth-order valence-electron chi connectivity index (χ4n) is 3.77. The van der Waals surface area contributed by atoms with E-state index in [1.165, 1.54) is 0 Å². The van der Waals surface area contributed by atoms with Crippen molar-refractivity contribution in [3.05, 3.63) is 71.9 Å². The first kappa shape index (κ1) is 23.3. The van der Waals surface area contributed by atoms with Gasteiger partial charge in [0, 0.05) is 30.5 Å². The van der Waals surface area contributed by atoms with Crippen LogP contribution in [0.1, 0.15) is 31.7 Å². The van der Waals surface area contributed by atoms with Gasteiger partial charge in [0.05, 0.1) is 24.1 Å². The lowest BCUT2D eigenvalue weighted by Crippen LogP contribution is -2.32. The van der Waals surface area contributed by atoms with Gasteiger partial charge < -0.3 is 14.8 Å². The molecule has 1 saturated heterocycles. The maximum Gasteiger partial charge on any atom is 0.262 e. The summed E-state index contributed by atoms with van der Waals surface area (Å²) in [5, 5.41) is 17.3. The molecule has 0 unspecified atom stereocenters. The molecule has 1 fully saturated rings. The van der Waals surface area contributed by atoms with Crippen molar-refractivity contribution >= 4 is 12.0 Å². The fourth-order valence-corrected chi connectivity index (χ4v) is 3.77. The van der Waals surface area contributed by atoms with Gasteiger partial charge in [-0.3, -0.25) is 4.79 Å². The first-order valence-corrected chi connectivity index (χ1v) is 11.6. The third-order valence-corrected chi connectivity index (χ3v) is 5.54. The number of rotatable bonds is 9. The average Bonchev–Trinajstić information content (AvgIpc) is 3.56. The van der Waals surface area contributed by atoms with Crippen LogP contribution in [0, 0.1) is 11.3 Å². The van der Waals surface area contributed by atoms with E-state index in [2.05, 4.69) is 12.2 Å². The molecule has 0 bridgehead atoms.